The molecule has 64 valence electrons. The average Bonchev–Trinajstić information content (AvgIpc) is 2.09. The molecular formula is C10H13NO. The highest BCUT2D eigenvalue weighted by molar-refractivity contribution is 5.21. The fraction of sp³-hybridized carbons (Fsp3) is 0.300. The number of aromatic nitrogens is 1. The quantitative estimate of drug-likeness (QED) is 0.625. The maximum atomic E-state index is 5.42. The summed E-state index contributed by atoms with van der Waals surface area (Å²) in [5.74, 6) is 1.68. The highest BCUT2D eigenvalue weighted by Gasteiger charge is 1.93. The monoisotopic (exact) mass is 163 g/mol. The van der Waals surface area contributed by atoms with Crippen LogP contribution in [0.15, 0.2) is 30.2 Å². The van der Waals surface area contributed by atoms with E-state index in [1.165, 1.54) is 0 Å². The number of aryl methyl sites for hydroxylation is 1. The Balaban J connectivity index is 2.71. The normalized spacial score (nSPS) is 11.4. The van der Waals surface area contributed by atoms with Crippen molar-refractivity contribution < 1.29 is 4.74 Å². The van der Waals surface area contributed by atoms with E-state index in [9.17, 15) is 0 Å². The molecule has 0 spiro atoms. The zero-order valence-corrected chi connectivity index (χ0v) is 7.66. The lowest BCUT2D eigenvalue weighted by molar-refractivity contribution is 0.424. The summed E-state index contributed by atoms with van der Waals surface area (Å²) in [7, 11) is 0. The molecule has 0 aromatic carbocycles. The van der Waals surface area contributed by atoms with Gasteiger partial charge in [0.05, 0.1) is 12.0 Å². The molecule has 2 nitrogen and oxygen atoms in total. The summed E-state index contributed by atoms with van der Waals surface area (Å²) in [6.45, 7) is 5.81. The standard InChI is InChI=1S/C10H13NO/c1-4-9(3)12-10-6-5-8(2)11-7-10/h4-7H,1-3H3/b9-4+. The highest BCUT2D eigenvalue weighted by atomic mass is 16.5. The molecule has 0 amide bonds. The van der Waals surface area contributed by atoms with E-state index in [0.29, 0.717) is 0 Å². The van der Waals surface area contributed by atoms with Crippen molar-refractivity contribution in [1.29, 1.82) is 0 Å². The van der Waals surface area contributed by atoms with Gasteiger partial charge in [-0.1, -0.05) is 0 Å². The fourth-order valence-electron chi connectivity index (χ4n) is 0.759. The van der Waals surface area contributed by atoms with Crippen molar-refractivity contribution in [2.45, 2.75) is 20.8 Å². The van der Waals surface area contributed by atoms with Crippen molar-refractivity contribution in [3.05, 3.63) is 35.9 Å². The molecule has 0 N–H and O–H groups in total. The van der Waals surface area contributed by atoms with Crippen molar-refractivity contribution in [3.63, 3.8) is 0 Å². The summed E-state index contributed by atoms with van der Waals surface area (Å²) in [5.41, 5.74) is 1.00. The first kappa shape index (κ1) is 8.78. The second-order valence-electron chi connectivity index (χ2n) is 2.64. The Kier molecular flexibility index (Phi) is 2.86. The molecule has 0 saturated heterocycles. The SMILES string of the molecule is C/C=C(\C)Oc1ccc(C)nc1. The molecule has 1 aromatic heterocycles. The summed E-state index contributed by atoms with van der Waals surface area (Å²) in [6, 6.07) is 3.84. The van der Waals surface area contributed by atoms with E-state index >= 15 is 0 Å². The van der Waals surface area contributed by atoms with Crippen LogP contribution in [0.4, 0.5) is 0 Å². The van der Waals surface area contributed by atoms with Crippen molar-refractivity contribution in [3.8, 4) is 5.75 Å². The maximum Gasteiger partial charge on any atom is 0.145 e. The van der Waals surface area contributed by atoms with Gasteiger partial charge in [0.2, 0.25) is 0 Å². The van der Waals surface area contributed by atoms with Crippen LogP contribution < -0.4 is 4.74 Å². The van der Waals surface area contributed by atoms with Gasteiger partial charge in [0.1, 0.15) is 5.75 Å². The van der Waals surface area contributed by atoms with Crippen LogP contribution in [0.25, 0.3) is 0 Å². The number of hydrogen-bond acceptors (Lipinski definition) is 2. The summed E-state index contributed by atoms with van der Waals surface area (Å²) in [4.78, 5) is 4.11. The molecular weight excluding hydrogens is 150 g/mol. The van der Waals surface area contributed by atoms with Crippen LogP contribution in [0.1, 0.15) is 19.5 Å². The van der Waals surface area contributed by atoms with Crippen LogP contribution in [0.2, 0.25) is 0 Å². The van der Waals surface area contributed by atoms with E-state index in [1.54, 1.807) is 6.20 Å². The van der Waals surface area contributed by atoms with Crippen molar-refractivity contribution in [2.75, 3.05) is 0 Å². The van der Waals surface area contributed by atoms with E-state index < -0.39 is 0 Å². The molecule has 0 aliphatic carbocycles. The third-order valence-electron chi connectivity index (χ3n) is 1.57. The average molecular weight is 163 g/mol. The van der Waals surface area contributed by atoms with Crippen LogP contribution >= 0.6 is 0 Å². The second kappa shape index (κ2) is 3.90. The zero-order chi connectivity index (χ0) is 8.97. The van der Waals surface area contributed by atoms with Gasteiger partial charge in [-0.3, -0.25) is 4.98 Å². The number of nitrogens with zero attached hydrogens (tertiary/aromatic N) is 1. The van der Waals surface area contributed by atoms with Gasteiger partial charge in [-0.15, -0.1) is 0 Å². The molecule has 0 aliphatic rings. The summed E-state index contributed by atoms with van der Waals surface area (Å²) in [5, 5.41) is 0. The first-order valence-electron chi connectivity index (χ1n) is 3.96. The molecule has 0 fully saturated rings. The van der Waals surface area contributed by atoms with Crippen LogP contribution in [0.5, 0.6) is 5.75 Å². The third kappa shape index (κ3) is 2.38. The van der Waals surface area contributed by atoms with E-state index in [-0.39, 0.29) is 0 Å². The first-order chi connectivity index (χ1) is 5.72. The lowest BCUT2D eigenvalue weighted by Crippen LogP contribution is -1.90. The molecule has 0 radical (unpaired) electrons. The fourth-order valence-corrected chi connectivity index (χ4v) is 0.759. The van der Waals surface area contributed by atoms with Gasteiger partial charge in [0.25, 0.3) is 0 Å². The zero-order valence-electron chi connectivity index (χ0n) is 7.66. The molecule has 0 bridgehead atoms. The molecule has 0 unspecified atom stereocenters. The van der Waals surface area contributed by atoms with E-state index in [4.69, 9.17) is 4.74 Å². The van der Waals surface area contributed by atoms with Gasteiger partial charge < -0.3 is 4.74 Å². The summed E-state index contributed by atoms with van der Waals surface area (Å²) >= 11 is 0. The lowest BCUT2D eigenvalue weighted by Gasteiger charge is -2.03. The summed E-state index contributed by atoms with van der Waals surface area (Å²) < 4.78 is 5.42. The predicted molar refractivity (Wildman–Crippen MR) is 49.0 cm³/mol. The number of rotatable bonds is 2. The van der Waals surface area contributed by atoms with Gasteiger partial charge in [-0.05, 0) is 39.0 Å². The molecule has 12 heavy (non-hydrogen) atoms. The van der Waals surface area contributed by atoms with Gasteiger partial charge in [0, 0.05) is 5.69 Å². The van der Waals surface area contributed by atoms with Crippen molar-refractivity contribution >= 4 is 0 Å². The number of hydrogen-bond donors (Lipinski definition) is 0. The minimum Gasteiger partial charge on any atom is -0.461 e. The lowest BCUT2D eigenvalue weighted by atomic mass is 10.4. The van der Waals surface area contributed by atoms with E-state index in [1.807, 2.05) is 39.0 Å². The van der Waals surface area contributed by atoms with Gasteiger partial charge in [0.15, 0.2) is 0 Å². The van der Waals surface area contributed by atoms with Gasteiger partial charge >= 0.3 is 0 Å². The minimum absolute atomic E-state index is 0.788. The topological polar surface area (TPSA) is 22.1 Å². The summed E-state index contributed by atoms with van der Waals surface area (Å²) in [6.07, 6.45) is 3.64. The number of pyridine rings is 1. The van der Waals surface area contributed by atoms with Gasteiger partial charge in [-0.2, -0.15) is 0 Å². The van der Waals surface area contributed by atoms with E-state index in [0.717, 1.165) is 17.2 Å². The number of allylic oxidation sites excluding steroid dienone is 2. The Bertz CT molecular complexity index is 274. The van der Waals surface area contributed by atoms with Crippen LogP contribution in [0, 0.1) is 6.92 Å². The smallest absolute Gasteiger partial charge is 0.145 e. The Labute approximate surface area is 72.9 Å². The van der Waals surface area contributed by atoms with Crippen molar-refractivity contribution in [2.24, 2.45) is 0 Å². The van der Waals surface area contributed by atoms with Crippen LogP contribution in [-0.2, 0) is 0 Å². The maximum absolute atomic E-state index is 5.42. The predicted octanol–water partition coefficient (Wildman–Crippen LogP) is 2.69. The Morgan fingerprint density at radius 3 is 2.75 bits per heavy atom. The molecule has 0 atom stereocenters. The Hall–Kier alpha value is -1.31. The number of ether oxygens (including phenoxy) is 1. The molecule has 1 heterocycles. The molecule has 0 aliphatic heterocycles. The Morgan fingerprint density at radius 2 is 2.25 bits per heavy atom. The Morgan fingerprint density at radius 1 is 1.50 bits per heavy atom. The van der Waals surface area contributed by atoms with Crippen LogP contribution in [-0.4, -0.2) is 4.98 Å². The largest absolute Gasteiger partial charge is 0.461 e. The second-order valence-corrected chi connectivity index (χ2v) is 2.64. The molecule has 2 heteroatoms. The van der Waals surface area contributed by atoms with E-state index in [2.05, 4.69) is 4.98 Å². The molecule has 0 saturated carbocycles. The van der Waals surface area contributed by atoms with Crippen molar-refractivity contribution in [1.82, 2.24) is 4.98 Å². The van der Waals surface area contributed by atoms with Crippen LogP contribution in [0.3, 0.4) is 0 Å². The first-order valence-corrected chi connectivity index (χ1v) is 3.96. The molecule has 1 rings (SSSR count). The third-order valence-corrected chi connectivity index (χ3v) is 1.57. The van der Waals surface area contributed by atoms with Gasteiger partial charge in [-0.25, -0.2) is 0 Å². The highest BCUT2D eigenvalue weighted by Crippen LogP contribution is 2.11. The minimum atomic E-state index is 0.788. The molecule has 1 aromatic rings.